The Bertz CT molecular complexity index is 670. The number of hydrogen-bond donors (Lipinski definition) is 1. The lowest BCUT2D eigenvalue weighted by Gasteiger charge is -2.08. The van der Waals surface area contributed by atoms with Crippen molar-refractivity contribution < 1.29 is 4.21 Å². The number of nitrogens with zero attached hydrogens (tertiary/aromatic N) is 2. The van der Waals surface area contributed by atoms with E-state index in [9.17, 15) is 4.21 Å². The van der Waals surface area contributed by atoms with Crippen molar-refractivity contribution >= 4 is 39.7 Å². The number of nitrogens with two attached hydrogens (primary N) is 1. The Hall–Kier alpha value is -1.04. The number of rotatable bonds is 4. The fourth-order valence-electron chi connectivity index (χ4n) is 1.90. The largest absolute Gasteiger partial charge is 0.399 e. The number of nitrogen functional groups attached to an aromatic ring is 1. The van der Waals surface area contributed by atoms with Gasteiger partial charge in [0, 0.05) is 12.2 Å². The number of aryl methyl sites for hydroxylation is 2. The topological polar surface area (TPSA) is 60.9 Å². The summed E-state index contributed by atoms with van der Waals surface area (Å²) in [6.45, 7) is 4.46. The van der Waals surface area contributed by atoms with Crippen LogP contribution >= 0.6 is 23.2 Å². The summed E-state index contributed by atoms with van der Waals surface area (Å²) in [6.07, 6.45) is 0. The van der Waals surface area contributed by atoms with Crippen LogP contribution in [0.1, 0.15) is 18.3 Å². The van der Waals surface area contributed by atoms with Gasteiger partial charge in [0.15, 0.2) is 0 Å². The van der Waals surface area contributed by atoms with Crippen LogP contribution in [-0.4, -0.2) is 14.0 Å². The summed E-state index contributed by atoms with van der Waals surface area (Å²) in [4.78, 5) is 0.518. The van der Waals surface area contributed by atoms with Crippen molar-refractivity contribution in [2.75, 3.05) is 5.73 Å². The molecule has 2 aromatic rings. The van der Waals surface area contributed by atoms with Gasteiger partial charge in [-0.15, -0.1) is 0 Å². The third kappa shape index (κ3) is 3.00. The molecule has 0 aliphatic rings. The Morgan fingerprint density at radius 3 is 2.75 bits per heavy atom. The standard InChI is InChI=1S/C13H15Cl2N3OS/c1-3-18-11(13(15)8(2)17-18)7-20(19)12-6-9(16)4-5-10(12)14/h4-6H,3,7,16H2,1-2H3. The first-order valence-corrected chi connectivity index (χ1v) is 8.16. The lowest BCUT2D eigenvalue weighted by atomic mass is 10.3. The van der Waals surface area contributed by atoms with E-state index in [1.54, 1.807) is 22.9 Å². The molecule has 0 radical (unpaired) electrons. The fraction of sp³-hybridized carbons (Fsp3) is 0.308. The second kappa shape index (κ2) is 6.16. The van der Waals surface area contributed by atoms with E-state index >= 15 is 0 Å². The predicted molar refractivity (Wildman–Crippen MR) is 83.6 cm³/mol. The third-order valence-electron chi connectivity index (χ3n) is 2.92. The van der Waals surface area contributed by atoms with Crippen molar-refractivity contribution in [1.29, 1.82) is 0 Å². The minimum atomic E-state index is -1.32. The molecule has 1 aromatic heterocycles. The quantitative estimate of drug-likeness (QED) is 0.873. The van der Waals surface area contributed by atoms with E-state index in [1.165, 1.54) is 0 Å². The van der Waals surface area contributed by atoms with Crippen LogP contribution in [0.25, 0.3) is 0 Å². The molecular weight excluding hydrogens is 317 g/mol. The number of benzene rings is 1. The zero-order valence-electron chi connectivity index (χ0n) is 11.2. The molecule has 0 saturated heterocycles. The van der Waals surface area contributed by atoms with Crippen molar-refractivity contribution in [3.8, 4) is 0 Å². The van der Waals surface area contributed by atoms with Crippen LogP contribution in [0.15, 0.2) is 23.1 Å². The normalized spacial score (nSPS) is 12.6. The van der Waals surface area contributed by atoms with Gasteiger partial charge in [0.25, 0.3) is 0 Å². The van der Waals surface area contributed by atoms with E-state index < -0.39 is 10.8 Å². The smallest absolute Gasteiger partial charge is 0.0856 e. The average molecular weight is 332 g/mol. The van der Waals surface area contributed by atoms with Crippen LogP contribution in [0, 0.1) is 6.92 Å². The first-order chi connectivity index (χ1) is 9.43. The molecule has 0 aliphatic carbocycles. The minimum Gasteiger partial charge on any atom is -0.399 e. The van der Waals surface area contributed by atoms with E-state index in [0.717, 1.165) is 11.4 Å². The highest BCUT2D eigenvalue weighted by Gasteiger charge is 2.17. The van der Waals surface area contributed by atoms with Crippen LogP contribution in [0.4, 0.5) is 5.69 Å². The van der Waals surface area contributed by atoms with E-state index in [4.69, 9.17) is 28.9 Å². The second-order valence-corrected chi connectivity index (χ2v) is 6.55. The van der Waals surface area contributed by atoms with Gasteiger partial charge in [0.2, 0.25) is 0 Å². The maximum atomic E-state index is 12.5. The van der Waals surface area contributed by atoms with Gasteiger partial charge in [0.05, 0.1) is 42.9 Å². The molecule has 2 N–H and O–H groups in total. The van der Waals surface area contributed by atoms with Crippen molar-refractivity contribution in [2.24, 2.45) is 0 Å². The van der Waals surface area contributed by atoms with Gasteiger partial charge in [-0.2, -0.15) is 5.10 Å². The summed E-state index contributed by atoms with van der Waals surface area (Å²) in [5.74, 6) is 0.261. The van der Waals surface area contributed by atoms with Gasteiger partial charge in [-0.05, 0) is 32.0 Å². The molecule has 0 saturated carbocycles. The number of aromatic nitrogens is 2. The summed E-state index contributed by atoms with van der Waals surface area (Å²) in [7, 11) is -1.32. The average Bonchev–Trinajstić information content (AvgIpc) is 2.69. The van der Waals surface area contributed by atoms with E-state index in [-0.39, 0.29) is 5.75 Å². The molecule has 0 spiro atoms. The minimum absolute atomic E-state index is 0.261. The zero-order valence-corrected chi connectivity index (χ0v) is 13.5. The molecule has 0 amide bonds. The summed E-state index contributed by atoms with van der Waals surface area (Å²) in [6, 6.07) is 4.95. The van der Waals surface area contributed by atoms with Gasteiger partial charge >= 0.3 is 0 Å². The first-order valence-electron chi connectivity index (χ1n) is 6.09. The lowest BCUT2D eigenvalue weighted by molar-refractivity contribution is 0.627. The molecule has 1 heterocycles. The van der Waals surface area contributed by atoms with Crippen molar-refractivity contribution in [1.82, 2.24) is 9.78 Å². The summed E-state index contributed by atoms with van der Waals surface area (Å²) in [5, 5.41) is 5.30. The zero-order chi connectivity index (χ0) is 14.9. The van der Waals surface area contributed by atoms with Gasteiger partial charge in [-0.3, -0.25) is 8.89 Å². The molecule has 1 aromatic carbocycles. The molecule has 0 bridgehead atoms. The van der Waals surface area contributed by atoms with Crippen molar-refractivity contribution in [3.63, 3.8) is 0 Å². The Balaban J connectivity index is 2.35. The third-order valence-corrected chi connectivity index (χ3v) is 5.22. The highest BCUT2D eigenvalue weighted by molar-refractivity contribution is 7.84. The van der Waals surface area contributed by atoms with Crippen LogP contribution in [0.5, 0.6) is 0 Å². The number of halogens is 2. The highest BCUT2D eigenvalue weighted by atomic mass is 35.5. The molecule has 2 rings (SSSR count). The van der Waals surface area contributed by atoms with E-state index in [1.807, 2.05) is 13.8 Å². The van der Waals surface area contributed by atoms with Crippen LogP contribution < -0.4 is 5.73 Å². The molecule has 108 valence electrons. The Labute approximate surface area is 130 Å². The Morgan fingerprint density at radius 1 is 1.40 bits per heavy atom. The Kier molecular flexibility index (Phi) is 4.73. The van der Waals surface area contributed by atoms with Crippen molar-refractivity contribution in [2.45, 2.75) is 31.0 Å². The van der Waals surface area contributed by atoms with Crippen LogP contribution in [-0.2, 0) is 23.1 Å². The second-order valence-electron chi connectivity index (χ2n) is 4.34. The molecule has 0 aliphatic heterocycles. The van der Waals surface area contributed by atoms with Crippen molar-refractivity contribution in [3.05, 3.63) is 39.6 Å². The lowest BCUT2D eigenvalue weighted by Crippen LogP contribution is -2.07. The monoisotopic (exact) mass is 331 g/mol. The van der Waals surface area contributed by atoms with Gasteiger partial charge in [-0.1, -0.05) is 23.2 Å². The molecule has 0 fully saturated rings. The maximum absolute atomic E-state index is 12.5. The fourth-order valence-corrected chi connectivity index (χ4v) is 3.81. The number of anilines is 1. The summed E-state index contributed by atoms with van der Waals surface area (Å²) in [5.41, 5.74) is 7.73. The maximum Gasteiger partial charge on any atom is 0.0856 e. The van der Waals surface area contributed by atoms with Crippen LogP contribution in [0.3, 0.4) is 0 Å². The summed E-state index contributed by atoms with van der Waals surface area (Å²) < 4.78 is 14.2. The van der Waals surface area contributed by atoms with E-state index in [0.29, 0.717) is 27.2 Å². The summed E-state index contributed by atoms with van der Waals surface area (Å²) >= 11 is 12.3. The number of hydrogen-bond acceptors (Lipinski definition) is 3. The molecule has 1 atom stereocenters. The highest BCUT2D eigenvalue weighted by Crippen LogP contribution is 2.27. The SMILES string of the molecule is CCn1nc(C)c(Cl)c1CS(=O)c1cc(N)ccc1Cl. The Morgan fingerprint density at radius 2 is 2.10 bits per heavy atom. The van der Waals surface area contributed by atoms with E-state index in [2.05, 4.69) is 5.10 Å². The molecule has 7 heteroatoms. The molecular formula is C13H15Cl2N3OS. The molecule has 4 nitrogen and oxygen atoms in total. The first kappa shape index (κ1) is 15.4. The van der Waals surface area contributed by atoms with Gasteiger partial charge < -0.3 is 5.73 Å². The molecule has 20 heavy (non-hydrogen) atoms. The molecule has 1 unspecified atom stereocenters. The van der Waals surface area contributed by atoms with Gasteiger partial charge in [0.1, 0.15) is 0 Å². The van der Waals surface area contributed by atoms with Gasteiger partial charge in [-0.25, -0.2) is 0 Å². The predicted octanol–water partition coefficient (Wildman–Crippen LogP) is 3.41. The van der Waals surface area contributed by atoms with Crippen LogP contribution in [0.2, 0.25) is 10.0 Å².